The van der Waals surface area contributed by atoms with Gasteiger partial charge in [0.25, 0.3) is 0 Å². The van der Waals surface area contributed by atoms with Gasteiger partial charge >= 0.3 is 0 Å². The number of nitrogens with zero attached hydrogens (tertiary/aromatic N) is 2. The molecule has 0 radical (unpaired) electrons. The van der Waals surface area contributed by atoms with E-state index in [0.29, 0.717) is 36.5 Å². The number of rotatable bonds is 7. The van der Waals surface area contributed by atoms with E-state index in [1.165, 1.54) is 6.26 Å². The minimum atomic E-state index is -3.08. The van der Waals surface area contributed by atoms with E-state index in [4.69, 9.17) is 16.3 Å². The van der Waals surface area contributed by atoms with Gasteiger partial charge in [-0.3, -0.25) is 4.99 Å². The van der Waals surface area contributed by atoms with Crippen molar-refractivity contribution < 1.29 is 13.2 Å². The largest absolute Gasteiger partial charge is 0.489 e. The predicted octanol–water partition coefficient (Wildman–Crippen LogP) is 2.56. The van der Waals surface area contributed by atoms with Gasteiger partial charge in [-0.15, -0.1) is 24.0 Å². The third-order valence-electron chi connectivity index (χ3n) is 4.53. The second-order valence-corrected chi connectivity index (χ2v) is 9.24. The molecule has 2 rings (SSSR count). The number of nitrogens with one attached hydrogen (secondary N) is 2. The molecule has 1 atom stereocenters. The monoisotopic (exact) mass is 544 g/mol. The van der Waals surface area contributed by atoms with Crippen LogP contribution in [0.4, 0.5) is 0 Å². The summed E-state index contributed by atoms with van der Waals surface area (Å²) in [6.07, 6.45) is 2.94. The number of sulfonamides is 1. The van der Waals surface area contributed by atoms with E-state index in [1.54, 1.807) is 23.5 Å². The quantitative estimate of drug-likeness (QED) is 0.313. The first kappa shape index (κ1) is 25.3. The van der Waals surface area contributed by atoms with E-state index in [2.05, 4.69) is 15.6 Å². The topological polar surface area (TPSA) is 83.0 Å². The van der Waals surface area contributed by atoms with E-state index in [9.17, 15) is 8.42 Å². The molecule has 0 amide bonds. The molecule has 0 bridgehead atoms. The molecular formula is C18H30ClIN4O3S. The number of hydrogen-bond acceptors (Lipinski definition) is 4. The van der Waals surface area contributed by atoms with Crippen LogP contribution in [0.3, 0.4) is 0 Å². The van der Waals surface area contributed by atoms with Crippen molar-refractivity contribution in [1.29, 1.82) is 0 Å². The Kier molecular flexibility index (Phi) is 10.9. The van der Waals surface area contributed by atoms with E-state index < -0.39 is 10.0 Å². The van der Waals surface area contributed by atoms with Gasteiger partial charge in [-0.25, -0.2) is 12.7 Å². The average molecular weight is 545 g/mol. The number of benzene rings is 1. The fraction of sp³-hybridized carbons (Fsp3) is 0.611. The van der Waals surface area contributed by atoms with Gasteiger partial charge in [0.1, 0.15) is 11.9 Å². The lowest BCUT2D eigenvalue weighted by Gasteiger charge is -2.30. The summed E-state index contributed by atoms with van der Waals surface area (Å²) in [5, 5.41) is 7.25. The smallest absolute Gasteiger partial charge is 0.211 e. The molecule has 0 spiro atoms. The highest BCUT2D eigenvalue weighted by Gasteiger charge is 2.24. The van der Waals surface area contributed by atoms with Crippen molar-refractivity contribution in [3.05, 3.63) is 29.3 Å². The Hall–Kier alpha value is -0.780. The molecule has 1 aliphatic heterocycles. The number of hydrogen-bond donors (Lipinski definition) is 2. The highest BCUT2D eigenvalue weighted by atomic mass is 127. The van der Waals surface area contributed by atoms with E-state index in [-0.39, 0.29) is 30.1 Å². The lowest BCUT2D eigenvalue weighted by molar-refractivity contribution is 0.223. The van der Waals surface area contributed by atoms with Gasteiger partial charge in [0.05, 0.1) is 12.8 Å². The second kappa shape index (κ2) is 12.0. The lowest BCUT2D eigenvalue weighted by atomic mass is 9.98. The van der Waals surface area contributed by atoms with Crippen LogP contribution < -0.4 is 15.4 Å². The predicted molar refractivity (Wildman–Crippen MR) is 125 cm³/mol. The van der Waals surface area contributed by atoms with Crippen molar-refractivity contribution in [2.45, 2.75) is 25.9 Å². The Bertz CT molecular complexity index is 723. The van der Waals surface area contributed by atoms with Crippen molar-refractivity contribution in [1.82, 2.24) is 14.9 Å². The Morgan fingerprint density at radius 2 is 1.89 bits per heavy atom. The first-order valence-corrected chi connectivity index (χ1v) is 11.3. The highest BCUT2D eigenvalue weighted by Crippen LogP contribution is 2.18. The standard InChI is InChI=1S/C18H29ClN4O3S.HI/c1-14(26-17-6-4-16(19)5-7-17)12-21-18(20-2)22-13-15-8-10-23(11-9-15)27(3,24)25;/h4-7,14-15H,8-13H2,1-3H3,(H2,20,21,22);1H. The number of guanidine groups is 1. The first-order valence-electron chi connectivity index (χ1n) is 9.10. The molecule has 10 heteroatoms. The summed E-state index contributed by atoms with van der Waals surface area (Å²) in [4.78, 5) is 4.23. The van der Waals surface area contributed by atoms with Gasteiger partial charge in [-0.05, 0) is 49.9 Å². The van der Waals surface area contributed by atoms with Crippen LogP contribution in [0.1, 0.15) is 19.8 Å². The van der Waals surface area contributed by atoms with Gasteiger partial charge < -0.3 is 15.4 Å². The van der Waals surface area contributed by atoms with E-state index in [1.807, 2.05) is 19.1 Å². The van der Waals surface area contributed by atoms with Crippen molar-refractivity contribution in [2.75, 3.05) is 39.5 Å². The van der Waals surface area contributed by atoms with Crippen LogP contribution in [0.2, 0.25) is 5.02 Å². The summed E-state index contributed by atoms with van der Waals surface area (Å²) in [5.41, 5.74) is 0. The van der Waals surface area contributed by atoms with Crippen LogP contribution in [0.5, 0.6) is 5.75 Å². The summed E-state index contributed by atoms with van der Waals surface area (Å²) in [6.45, 7) is 4.53. The van der Waals surface area contributed by atoms with Crippen LogP contribution in [0.25, 0.3) is 0 Å². The summed E-state index contributed by atoms with van der Waals surface area (Å²) >= 11 is 5.87. The van der Waals surface area contributed by atoms with E-state index >= 15 is 0 Å². The van der Waals surface area contributed by atoms with Gasteiger partial charge in [-0.2, -0.15) is 0 Å². The van der Waals surface area contributed by atoms with Crippen LogP contribution in [-0.4, -0.2) is 64.3 Å². The molecule has 1 fully saturated rings. The highest BCUT2D eigenvalue weighted by molar-refractivity contribution is 14.0. The van der Waals surface area contributed by atoms with Gasteiger partial charge in [0, 0.05) is 31.7 Å². The molecule has 1 saturated heterocycles. The average Bonchev–Trinajstić information content (AvgIpc) is 2.63. The van der Waals surface area contributed by atoms with Crippen molar-refractivity contribution in [2.24, 2.45) is 10.9 Å². The fourth-order valence-electron chi connectivity index (χ4n) is 2.93. The van der Waals surface area contributed by atoms with E-state index in [0.717, 1.165) is 25.1 Å². The maximum absolute atomic E-state index is 11.6. The Morgan fingerprint density at radius 1 is 1.29 bits per heavy atom. The van der Waals surface area contributed by atoms with Crippen molar-refractivity contribution in [3.63, 3.8) is 0 Å². The van der Waals surface area contributed by atoms with Crippen LogP contribution in [0.15, 0.2) is 29.3 Å². The first-order chi connectivity index (χ1) is 12.8. The summed E-state index contributed by atoms with van der Waals surface area (Å²) < 4.78 is 30.5. The van der Waals surface area contributed by atoms with Crippen molar-refractivity contribution >= 4 is 51.6 Å². The molecule has 28 heavy (non-hydrogen) atoms. The summed E-state index contributed by atoms with van der Waals surface area (Å²) in [7, 11) is -1.35. The molecule has 0 aromatic heterocycles. The number of piperidine rings is 1. The molecule has 1 unspecified atom stereocenters. The maximum Gasteiger partial charge on any atom is 0.211 e. The maximum atomic E-state index is 11.6. The molecule has 1 aromatic rings. The zero-order valence-corrected chi connectivity index (χ0v) is 20.4. The molecule has 0 aliphatic carbocycles. The molecule has 7 nitrogen and oxygen atoms in total. The summed E-state index contributed by atoms with van der Waals surface area (Å²) in [5.74, 6) is 1.92. The van der Waals surface area contributed by atoms with Gasteiger partial charge in [0.2, 0.25) is 10.0 Å². The fourth-order valence-corrected chi connectivity index (χ4v) is 3.93. The molecule has 160 valence electrons. The zero-order chi connectivity index (χ0) is 19.9. The molecule has 1 aliphatic rings. The van der Waals surface area contributed by atoms with Crippen LogP contribution >= 0.6 is 35.6 Å². The Labute approximate surface area is 190 Å². The molecular weight excluding hydrogens is 515 g/mol. The molecule has 0 saturated carbocycles. The zero-order valence-electron chi connectivity index (χ0n) is 16.5. The molecule has 2 N–H and O–H groups in total. The SMILES string of the molecule is CN=C(NCC1CCN(S(C)(=O)=O)CC1)NCC(C)Oc1ccc(Cl)cc1.I. The Morgan fingerprint density at radius 3 is 2.43 bits per heavy atom. The molecule has 1 heterocycles. The third-order valence-corrected chi connectivity index (χ3v) is 6.09. The Balaban J connectivity index is 0.00000392. The minimum Gasteiger partial charge on any atom is -0.489 e. The van der Waals surface area contributed by atoms with Crippen LogP contribution in [-0.2, 0) is 10.0 Å². The van der Waals surface area contributed by atoms with Crippen molar-refractivity contribution in [3.8, 4) is 5.75 Å². The van der Waals surface area contributed by atoms with Gasteiger partial charge in [0.15, 0.2) is 5.96 Å². The number of aliphatic imine (C=N–C) groups is 1. The molecule has 1 aromatic carbocycles. The van der Waals surface area contributed by atoms with Gasteiger partial charge in [-0.1, -0.05) is 11.6 Å². The summed E-state index contributed by atoms with van der Waals surface area (Å²) in [6, 6.07) is 7.28. The lowest BCUT2D eigenvalue weighted by Crippen LogP contribution is -2.45. The number of halogens is 2. The second-order valence-electron chi connectivity index (χ2n) is 6.82. The van der Waals surface area contributed by atoms with Crippen LogP contribution in [0, 0.1) is 5.92 Å². The number of ether oxygens (including phenoxy) is 1. The minimum absolute atomic E-state index is 0. The normalized spacial score (nSPS) is 17.5. The third kappa shape index (κ3) is 8.71.